The monoisotopic (exact) mass is 337 g/mol. The molecular weight excluding hydrogens is 319 g/mol. The van der Waals surface area contributed by atoms with Gasteiger partial charge in [-0.3, -0.25) is 0 Å². The van der Waals surface area contributed by atoms with Crippen LogP contribution in [0.25, 0.3) is 0 Å². The van der Waals surface area contributed by atoms with E-state index in [4.69, 9.17) is 0 Å². The minimum Gasteiger partial charge on any atom is -0.391 e. The molecule has 1 aromatic carbocycles. The van der Waals surface area contributed by atoms with Crippen LogP contribution < -0.4 is 5.32 Å². The highest BCUT2D eigenvalue weighted by molar-refractivity contribution is 7.92. The Morgan fingerprint density at radius 3 is 2.41 bits per heavy atom. The first-order valence-corrected chi connectivity index (χ1v) is 8.54. The number of rotatable bonds is 5. The van der Waals surface area contributed by atoms with Crippen LogP contribution in [0.4, 0.5) is 18.9 Å². The van der Waals surface area contributed by atoms with Crippen LogP contribution in [0.15, 0.2) is 29.2 Å². The zero-order valence-electron chi connectivity index (χ0n) is 11.8. The smallest absolute Gasteiger partial charge is 0.391 e. The molecule has 1 aliphatic rings. The molecule has 0 amide bonds. The van der Waals surface area contributed by atoms with Gasteiger partial charge in [-0.2, -0.15) is 13.2 Å². The van der Waals surface area contributed by atoms with Crippen molar-refractivity contribution in [2.24, 2.45) is 5.92 Å². The maximum absolute atomic E-state index is 12.7. The van der Waals surface area contributed by atoms with E-state index in [2.05, 4.69) is 5.32 Å². The number of aliphatic hydroxyl groups excluding tert-OH is 1. The molecule has 0 bridgehead atoms. The SMILES string of the molecule is O=S(=O)(c1ccccc1NCC(O)C1CCCC1)C(F)(F)F. The van der Waals surface area contributed by atoms with Crippen LogP contribution in [-0.4, -0.2) is 31.7 Å². The highest BCUT2D eigenvalue weighted by Crippen LogP contribution is 2.34. The Morgan fingerprint density at radius 2 is 1.82 bits per heavy atom. The molecule has 1 aliphatic carbocycles. The quantitative estimate of drug-likeness (QED) is 0.867. The maximum Gasteiger partial charge on any atom is 0.501 e. The Kier molecular flexibility index (Phi) is 5.01. The number of benzene rings is 1. The molecule has 22 heavy (non-hydrogen) atoms. The number of para-hydroxylation sites is 1. The third kappa shape index (κ3) is 3.55. The number of hydrogen-bond donors (Lipinski definition) is 2. The number of halogens is 3. The Hall–Kier alpha value is -1.28. The lowest BCUT2D eigenvalue weighted by Gasteiger charge is -2.20. The molecule has 2 rings (SSSR count). The highest BCUT2D eigenvalue weighted by atomic mass is 32.2. The lowest BCUT2D eigenvalue weighted by atomic mass is 10.0. The standard InChI is InChI=1S/C14H18F3NO3S/c15-14(16,17)22(20,21)13-8-4-3-7-11(13)18-9-12(19)10-5-1-2-6-10/h3-4,7-8,10,12,18-19H,1-2,5-6,9H2. The second kappa shape index (κ2) is 6.45. The van der Waals surface area contributed by atoms with E-state index in [-0.39, 0.29) is 18.2 Å². The third-order valence-electron chi connectivity index (χ3n) is 3.93. The van der Waals surface area contributed by atoms with Crippen molar-refractivity contribution in [3.8, 4) is 0 Å². The van der Waals surface area contributed by atoms with E-state index >= 15 is 0 Å². The number of aliphatic hydroxyl groups is 1. The molecule has 124 valence electrons. The van der Waals surface area contributed by atoms with Gasteiger partial charge in [0.25, 0.3) is 9.84 Å². The van der Waals surface area contributed by atoms with Gasteiger partial charge in [0.2, 0.25) is 0 Å². The first-order valence-electron chi connectivity index (χ1n) is 7.06. The van der Waals surface area contributed by atoms with Gasteiger partial charge in [-0.15, -0.1) is 0 Å². The fourth-order valence-corrected chi connectivity index (χ4v) is 3.63. The Labute approximate surface area is 127 Å². The topological polar surface area (TPSA) is 66.4 Å². The second-order valence-electron chi connectivity index (χ2n) is 5.44. The summed E-state index contributed by atoms with van der Waals surface area (Å²) < 4.78 is 61.1. The average Bonchev–Trinajstić information content (AvgIpc) is 2.98. The van der Waals surface area contributed by atoms with Crippen LogP contribution in [0.3, 0.4) is 0 Å². The van der Waals surface area contributed by atoms with Crippen molar-refractivity contribution in [3.63, 3.8) is 0 Å². The molecule has 4 nitrogen and oxygen atoms in total. The van der Waals surface area contributed by atoms with E-state index in [9.17, 15) is 26.7 Å². The average molecular weight is 337 g/mol. The summed E-state index contributed by atoms with van der Waals surface area (Å²) in [4.78, 5) is -0.818. The molecular formula is C14H18F3NO3S. The van der Waals surface area contributed by atoms with Crippen LogP contribution in [0.2, 0.25) is 0 Å². The zero-order chi connectivity index (χ0) is 16.4. The number of hydrogen-bond acceptors (Lipinski definition) is 4. The molecule has 0 aromatic heterocycles. The lowest BCUT2D eigenvalue weighted by Crippen LogP contribution is -2.28. The van der Waals surface area contributed by atoms with Gasteiger partial charge in [-0.25, -0.2) is 8.42 Å². The fraction of sp³-hybridized carbons (Fsp3) is 0.571. The molecule has 0 saturated heterocycles. The first kappa shape index (κ1) is 17.1. The molecule has 8 heteroatoms. The van der Waals surface area contributed by atoms with E-state index in [1.807, 2.05) is 0 Å². The number of sulfone groups is 1. The fourth-order valence-electron chi connectivity index (χ4n) is 2.70. The zero-order valence-corrected chi connectivity index (χ0v) is 12.6. The van der Waals surface area contributed by atoms with E-state index in [0.29, 0.717) is 0 Å². The van der Waals surface area contributed by atoms with Crippen LogP contribution in [0, 0.1) is 5.92 Å². The van der Waals surface area contributed by atoms with Crippen LogP contribution in [-0.2, 0) is 9.84 Å². The Bertz CT molecular complexity index is 610. The van der Waals surface area contributed by atoms with E-state index in [1.54, 1.807) is 0 Å². The maximum atomic E-state index is 12.7. The summed E-state index contributed by atoms with van der Waals surface area (Å²) >= 11 is 0. The number of anilines is 1. The highest BCUT2D eigenvalue weighted by Gasteiger charge is 2.47. The minimum absolute atomic E-state index is 0.0229. The van der Waals surface area contributed by atoms with Gasteiger partial charge in [-0.1, -0.05) is 25.0 Å². The Balaban J connectivity index is 2.15. The van der Waals surface area contributed by atoms with Crippen molar-refractivity contribution in [2.45, 2.75) is 42.2 Å². The van der Waals surface area contributed by atoms with E-state index < -0.39 is 26.3 Å². The first-order chi connectivity index (χ1) is 10.2. The van der Waals surface area contributed by atoms with E-state index in [1.165, 1.54) is 18.2 Å². The van der Waals surface area contributed by atoms with Crippen molar-refractivity contribution >= 4 is 15.5 Å². The molecule has 0 aliphatic heterocycles. The number of nitrogens with one attached hydrogen (secondary N) is 1. The van der Waals surface area contributed by atoms with Crippen molar-refractivity contribution in [3.05, 3.63) is 24.3 Å². The predicted octanol–water partition coefficient (Wildman–Crippen LogP) is 2.94. The summed E-state index contributed by atoms with van der Waals surface area (Å²) in [6.45, 7) is 0.0229. The van der Waals surface area contributed by atoms with Crippen molar-refractivity contribution in [1.29, 1.82) is 0 Å². The van der Waals surface area contributed by atoms with Gasteiger partial charge in [0.15, 0.2) is 0 Å². The molecule has 0 heterocycles. The number of alkyl halides is 3. The normalized spacial score (nSPS) is 18.4. The largest absolute Gasteiger partial charge is 0.501 e. The van der Waals surface area contributed by atoms with Gasteiger partial charge >= 0.3 is 5.51 Å². The van der Waals surface area contributed by atoms with Gasteiger partial charge in [-0.05, 0) is 30.9 Å². The predicted molar refractivity (Wildman–Crippen MR) is 76.1 cm³/mol. The molecule has 2 N–H and O–H groups in total. The third-order valence-corrected chi connectivity index (χ3v) is 5.47. The summed E-state index contributed by atoms with van der Waals surface area (Å²) in [7, 11) is -5.42. The van der Waals surface area contributed by atoms with Crippen molar-refractivity contribution in [2.75, 3.05) is 11.9 Å². The summed E-state index contributed by atoms with van der Waals surface area (Å²) in [5.41, 5.74) is -5.49. The summed E-state index contributed by atoms with van der Waals surface area (Å²) in [6, 6.07) is 4.85. The summed E-state index contributed by atoms with van der Waals surface area (Å²) in [5, 5.41) is 12.7. The molecule has 0 radical (unpaired) electrons. The van der Waals surface area contributed by atoms with Crippen molar-refractivity contribution in [1.82, 2.24) is 0 Å². The van der Waals surface area contributed by atoms with Gasteiger partial charge < -0.3 is 10.4 Å². The lowest BCUT2D eigenvalue weighted by molar-refractivity contribution is -0.0435. The second-order valence-corrected chi connectivity index (χ2v) is 7.35. The molecule has 1 saturated carbocycles. The van der Waals surface area contributed by atoms with Crippen LogP contribution in [0.1, 0.15) is 25.7 Å². The molecule has 0 spiro atoms. The minimum atomic E-state index is -5.42. The van der Waals surface area contributed by atoms with Crippen molar-refractivity contribution < 1.29 is 26.7 Å². The molecule has 1 atom stereocenters. The Morgan fingerprint density at radius 1 is 1.23 bits per heavy atom. The van der Waals surface area contributed by atoms with Crippen LogP contribution in [0.5, 0.6) is 0 Å². The molecule has 1 unspecified atom stereocenters. The van der Waals surface area contributed by atoms with Gasteiger partial charge in [0, 0.05) is 6.54 Å². The molecule has 1 fully saturated rings. The molecule has 1 aromatic rings. The van der Waals surface area contributed by atoms with Gasteiger partial charge in [0.1, 0.15) is 0 Å². The summed E-state index contributed by atoms with van der Waals surface area (Å²) in [6.07, 6.45) is 3.11. The summed E-state index contributed by atoms with van der Waals surface area (Å²) in [5.74, 6) is 0.110. The van der Waals surface area contributed by atoms with E-state index in [0.717, 1.165) is 31.7 Å². The van der Waals surface area contributed by atoms with Crippen LogP contribution >= 0.6 is 0 Å². The van der Waals surface area contributed by atoms with Gasteiger partial charge in [0.05, 0.1) is 16.7 Å².